The molecule has 120 valence electrons. The van der Waals surface area contributed by atoms with Crippen molar-refractivity contribution >= 4 is 22.3 Å². The Morgan fingerprint density at radius 1 is 1.45 bits per heavy atom. The van der Waals surface area contributed by atoms with Gasteiger partial charge in [0.25, 0.3) is 0 Å². The number of nitrogens with zero attached hydrogens (tertiary/aromatic N) is 3. The normalized spacial score (nSPS) is 24.0. The van der Waals surface area contributed by atoms with Crippen molar-refractivity contribution in [3.63, 3.8) is 0 Å². The average Bonchev–Trinajstić information content (AvgIpc) is 2.98. The zero-order valence-electron chi connectivity index (χ0n) is 13.3. The number of carboxylic acids is 1. The first-order chi connectivity index (χ1) is 10.3. The standard InChI is InChI=1S/C16H23N3O2S/c1-16(2,3)12-6-11(14(20)21)7-18(8-12)9-13-10-19-4-5-22-15(19)17-13/h4-5,10-12H,6-9H2,1-3H3,(H,20,21). The third-order valence-corrected chi connectivity index (χ3v) is 5.40. The van der Waals surface area contributed by atoms with Gasteiger partial charge in [-0.25, -0.2) is 4.98 Å². The van der Waals surface area contributed by atoms with Crippen LogP contribution in [0.1, 0.15) is 32.9 Å². The molecule has 5 nitrogen and oxygen atoms in total. The van der Waals surface area contributed by atoms with Gasteiger partial charge in [-0.3, -0.25) is 14.1 Å². The highest BCUT2D eigenvalue weighted by atomic mass is 32.1. The molecule has 3 rings (SSSR count). The lowest BCUT2D eigenvalue weighted by atomic mass is 9.73. The Morgan fingerprint density at radius 3 is 2.86 bits per heavy atom. The number of fused-ring (bicyclic) bond motifs is 1. The molecule has 1 aliphatic rings. The number of rotatable bonds is 3. The van der Waals surface area contributed by atoms with Crippen LogP contribution in [0, 0.1) is 17.3 Å². The molecule has 6 heteroatoms. The number of carbonyl (C=O) groups is 1. The summed E-state index contributed by atoms with van der Waals surface area (Å²) in [5.41, 5.74) is 1.14. The molecule has 0 saturated carbocycles. The van der Waals surface area contributed by atoms with Crippen molar-refractivity contribution in [2.24, 2.45) is 17.3 Å². The Bertz CT molecular complexity index is 642. The van der Waals surface area contributed by atoms with Gasteiger partial charge >= 0.3 is 5.97 Å². The van der Waals surface area contributed by atoms with Crippen molar-refractivity contribution in [2.45, 2.75) is 33.7 Å². The molecule has 22 heavy (non-hydrogen) atoms. The number of aromatic nitrogens is 2. The summed E-state index contributed by atoms with van der Waals surface area (Å²) in [5.74, 6) is -0.558. The highest BCUT2D eigenvalue weighted by Gasteiger charge is 2.37. The maximum Gasteiger partial charge on any atom is 0.307 e. The highest BCUT2D eigenvalue weighted by Crippen LogP contribution is 2.36. The summed E-state index contributed by atoms with van der Waals surface area (Å²) >= 11 is 1.62. The van der Waals surface area contributed by atoms with Crippen LogP contribution < -0.4 is 0 Å². The van der Waals surface area contributed by atoms with E-state index in [0.29, 0.717) is 12.5 Å². The quantitative estimate of drug-likeness (QED) is 0.944. The number of carboxylic acid groups (broad SMARTS) is 1. The maximum absolute atomic E-state index is 11.5. The molecule has 0 aromatic carbocycles. The van der Waals surface area contributed by atoms with E-state index < -0.39 is 5.97 Å². The molecule has 3 heterocycles. The van der Waals surface area contributed by atoms with E-state index in [1.165, 1.54) is 0 Å². The summed E-state index contributed by atoms with van der Waals surface area (Å²) in [7, 11) is 0. The Labute approximate surface area is 134 Å². The van der Waals surface area contributed by atoms with Gasteiger partial charge in [-0.15, -0.1) is 11.3 Å². The Balaban J connectivity index is 1.76. The van der Waals surface area contributed by atoms with E-state index >= 15 is 0 Å². The lowest BCUT2D eigenvalue weighted by molar-refractivity contribution is -0.145. The van der Waals surface area contributed by atoms with Gasteiger partial charge in [0.15, 0.2) is 4.96 Å². The summed E-state index contributed by atoms with van der Waals surface area (Å²) in [6.07, 6.45) is 4.82. The second-order valence-electron chi connectivity index (χ2n) is 7.35. The van der Waals surface area contributed by atoms with Crippen molar-refractivity contribution in [1.29, 1.82) is 0 Å². The van der Waals surface area contributed by atoms with Gasteiger partial charge in [-0.2, -0.15) is 0 Å². The maximum atomic E-state index is 11.5. The van der Waals surface area contributed by atoms with Gasteiger partial charge in [-0.05, 0) is 17.8 Å². The van der Waals surface area contributed by atoms with Gasteiger partial charge < -0.3 is 5.11 Å². The van der Waals surface area contributed by atoms with Gasteiger partial charge in [0.2, 0.25) is 0 Å². The molecule has 0 amide bonds. The second kappa shape index (κ2) is 5.66. The fraction of sp³-hybridized carbons (Fsp3) is 0.625. The number of hydrogen-bond acceptors (Lipinski definition) is 4. The molecule has 2 aromatic heterocycles. The van der Waals surface area contributed by atoms with Crippen molar-refractivity contribution in [3.8, 4) is 0 Å². The summed E-state index contributed by atoms with van der Waals surface area (Å²) in [6.45, 7) is 8.89. The smallest absolute Gasteiger partial charge is 0.307 e. The molecule has 1 aliphatic heterocycles. The van der Waals surface area contributed by atoms with Crippen LogP contribution in [0.5, 0.6) is 0 Å². The molecular weight excluding hydrogens is 298 g/mol. The molecule has 2 unspecified atom stereocenters. The predicted octanol–water partition coefficient (Wildman–Crippen LogP) is 2.96. The van der Waals surface area contributed by atoms with E-state index in [4.69, 9.17) is 0 Å². The van der Waals surface area contributed by atoms with Crippen LogP contribution in [0.3, 0.4) is 0 Å². The topological polar surface area (TPSA) is 57.8 Å². The summed E-state index contributed by atoms with van der Waals surface area (Å²) < 4.78 is 2.03. The number of thiazole rings is 1. The highest BCUT2D eigenvalue weighted by molar-refractivity contribution is 7.15. The average molecular weight is 321 g/mol. The molecule has 2 atom stereocenters. The fourth-order valence-electron chi connectivity index (χ4n) is 3.21. The SMILES string of the molecule is CC(C)(C)C1CC(C(=O)O)CN(Cc2cn3ccsc3n2)C1. The summed E-state index contributed by atoms with van der Waals surface area (Å²) in [5, 5.41) is 11.5. The van der Waals surface area contributed by atoms with E-state index in [1.807, 2.05) is 22.2 Å². The Hall–Kier alpha value is -1.40. The fourth-order valence-corrected chi connectivity index (χ4v) is 3.93. The Kier molecular flexibility index (Phi) is 3.99. The number of hydrogen-bond donors (Lipinski definition) is 1. The molecular formula is C16H23N3O2S. The lowest BCUT2D eigenvalue weighted by Crippen LogP contribution is -2.46. The first-order valence-electron chi connectivity index (χ1n) is 7.69. The van der Waals surface area contributed by atoms with Crippen molar-refractivity contribution in [2.75, 3.05) is 13.1 Å². The number of imidazole rings is 1. The Morgan fingerprint density at radius 2 is 2.23 bits per heavy atom. The summed E-state index contributed by atoms with van der Waals surface area (Å²) in [4.78, 5) is 19.3. The third kappa shape index (κ3) is 3.17. The second-order valence-corrected chi connectivity index (χ2v) is 8.23. The van der Waals surface area contributed by atoms with E-state index in [0.717, 1.165) is 30.2 Å². The molecule has 1 saturated heterocycles. The lowest BCUT2D eigenvalue weighted by Gasteiger charge is -2.42. The largest absolute Gasteiger partial charge is 0.481 e. The minimum absolute atomic E-state index is 0.126. The third-order valence-electron chi connectivity index (χ3n) is 4.63. The first-order valence-corrected chi connectivity index (χ1v) is 8.57. The monoisotopic (exact) mass is 321 g/mol. The van der Waals surface area contributed by atoms with Gasteiger partial charge in [-0.1, -0.05) is 20.8 Å². The molecule has 0 aliphatic carbocycles. The van der Waals surface area contributed by atoms with E-state index in [1.54, 1.807) is 11.3 Å². The van der Waals surface area contributed by atoms with Crippen molar-refractivity contribution < 1.29 is 9.90 Å². The molecule has 0 spiro atoms. The van der Waals surface area contributed by atoms with Gasteiger partial charge in [0, 0.05) is 37.4 Å². The molecule has 0 bridgehead atoms. The first kappa shape index (κ1) is 15.5. The van der Waals surface area contributed by atoms with Crippen LogP contribution in [-0.4, -0.2) is 38.4 Å². The number of likely N-dealkylation sites (tertiary alicyclic amines) is 1. The van der Waals surface area contributed by atoms with E-state index in [-0.39, 0.29) is 11.3 Å². The van der Waals surface area contributed by atoms with E-state index in [9.17, 15) is 9.90 Å². The number of piperidine rings is 1. The zero-order chi connectivity index (χ0) is 15.9. The van der Waals surface area contributed by atoms with Crippen LogP contribution in [0.25, 0.3) is 4.96 Å². The molecule has 1 fully saturated rings. The zero-order valence-corrected chi connectivity index (χ0v) is 14.1. The van der Waals surface area contributed by atoms with Crippen LogP contribution in [0.2, 0.25) is 0 Å². The predicted molar refractivity (Wildman–Crippen MR) is 87.0 cm³/mol. The molecule has 1 N–H and O–H groups in total. The van der Waals surface area contributed by atoms with Crippen LogP contribution in [0.4, 0.5) is 0 Å². The van der Waals surface area contributed by atoms with Gasteiger partial charge in [0.05, 0.1) is 11.6 Å². The minimum atomic E-state index is -0.676. The van der Waals surface area contributed by atoms with Crippen LogP contribution >= 0.6 is 11.3 Å². The van der Waals surface area contributed by atoms with Crippen molar-refractivity contribution in [3.05, 3.63) is 23.5 Å². The van der Waals surface area contributed by atoms with Crippen molar-refractivity contribution in [1.82, 2.24) is 14.3 Å². The van der Waals surface area contributed by atoms with Gasteiger partial charge in [0.1, 0.15) is 0 Å². The number of aliphatic carboxylic acids is 1. The minimum Gasteiger partial charge on any atom is -0.481 e. The molecule has 0 radical (unpaired) electrons. The van der Waals surface area contributed by atoms with Crippen LogP contribution in [0.15, 0.2) is 17.8 Å². The molecule has 2 aromatic rings. The van der Waals surface area contributed by atoms with E-state index in [2.05, 4.69) is 30.7 Å². The van der Waals surface area contributed by atoms with Crippen LogP contribution in [-0.2, 0) is 11.3 Å². The summed E-state index contributed by atoms with van der Waals surface area (Å²) in [6, 6.07) is 0.